The van der Waals surface area contributed by atoms with Gasteiger partial charge in [0.25, 0.3) is 5.91 Å². The van der Waals surface area contributed by atoms with Crippen molar-refractivity contribution in [1.82, 2.24) is 8.87 Å². The van der Waals surface area contributed by atoms with Crippen LogP contribution in [0.15, 0.2) is 52.4 Å². The minimum absolute atomic E-state index is 0.00310. The standard InChI is InChI=1S/C22H25N3O3S2/c1-15-7-12-19-20(14-15)29-22(24(19)3)23-21(26)17-8-10-18(11-9-17)30(27,28)25-13-5-4-6-16(25)2/h7-12,14,16H,4-6,13H2,1-3H3. The molecule has 1 atom stereocenters. The topological polar surface area (TPSA) is 71.7 Å². The predicted molar refractivity (Wildman–Crippen MR) is 119 cm³/mol. The number of carbonyl (C=O) groups excluding carboxylic acids is 1. The zero-order chi connectivity index (χ0) is 21.5. The average Bonchev–Trinajstić information content (AvgIpc) is 3.02. The van der Waals surface area contributed by atoms with E-state index in [4.69, 9.17) is 0 Å². The van der Waals surface area contributed by atoms with Crippen LogP contribution in [-0.2, 0) is 17.1 Å². The lowest BCUT2D eigenvalue weighted by atomic mass is 10.1. The third kappa shape index (κ3) is 3.87. The lowest BCUT2D eigenvalue weighted by Gasteiger charge is -2.32. The van der Waals surface area contributed by atoms with E-state index in [2.05, 4.69) is 11.1 Å². The van der Waals surface area contributed by atoms with Crippen LogP contribution in [0.4, 0.5) is 0 Å². The number of aromatic nitrogens is 1. The zero-order valence-electron chi connectivity index (χ0n) is 17.3. The van der Waals surface area contributed by atoms with Crippen LogP contribution in [-0.4, -0.2) is 35.8 Å². The van der Waals surface area contributed by atoms with Gasteiger partial charge in [-0.05, 0) is 68.7 Å². The predicted octanol–water partition coefficient (Wildman–Crippen LogP) is 3.85. The smallest absolute Gasteiger partial charge is 0.279 e. The van der Waals surface area contributed by atoms with E-state index >= 15 is 0 Å². The fourth-order valence-electron chi connectivity index (χ4n) is 3.83. The molecule has 0 radical (unpaired) electrons. The maximum absolute atomic E-state index is 13.0. The molecule has 30 heavy (non-hydrogen) atoms. The summed E-state index contributed by atoms with van der Waals surface area (Å²) in [5.74, 6) is -0.385. The molecule has 8 heteroatoms. The molecule has 1 amide bonds. The highest BCUT2D eigenvalue weighted by Gasteiger charge is 2.30. The first-order valence-electron chi connectivity index (χ1n) is 10.0. The maximum atomic E-state index is 13.0. The highest BCUT2D eigenvalue weighted by atomic mass is 32.2. The Kier molecular flexibility index (Phi) is 5.65. The first-order chi connectivity index (χ1) is 14.3. The van der Waals surface area contributed by atoms with E-state index in [1.165, 1.54) is 23.5 Å². The molecule has 1 unspecified atom stereocenters. The number of piperidine rings is 1. The third-order valence-corrected chi connectivity index (χ3v) is 8.73. The molecule has 1 aliphatic heterocycles. The second-order valence-electron chi connectivity index (χ2n) is 7.82. The molecule has 2 aromatic carbocycles. The molecule has 0 saturated carbocycles. The Labute approximate surface area is 180 Å². The van der Waals surface area contributed by atoms with Crippen molar-refractivity contribution in [2.24, 2.45) is 12.0 Å². The van der Waals surface area contributed by atoms with Gasteiger partial charge in [0.05, 0.1) is 15.1 Å². The lowest BCUT2D eigenvalue weighted by molar-refractivity contribution is 0.0998. The lowest BCUT2D eigenvalue weighted by Crippen LogP contribution is -2.41. The average molecular weight is 444 g/mol. The van der Waals surface area contributed by atoms with Gasteiger partial charge in [-0.2, -0.15) is 9.30 Å². The summed E-state index contributed by atoms with van der Waals surface area (Å²) < 4.78 is 30.4. The number of aryl methyl sites for hydroxylation is 2. The first-order valence-corrected chi connectivity index (χ1v) is 12.3. The van der Waals surface area contributed by atoms with Gasteiger partial charge in [0.1, 0.15) is 0 Å². The number of carbonyl (C=O) groups is 1. The summed E-state index contributed by atoms with van der Waals surface area (Å²) in [5, 5.41) is 0. The molecule has 4 rings (SSSR count). The van der Waals surface area contributed by atoms with E-state index in [9.17, 15) is 13.2 Å². The number of nitrogens with zero attached hydrogens (tertiary/aromatic N) is 3. The molecule has 3 aromatic rings. The summed E-state index contributed by atoms with van der Waals surface area (Å²) in [5.41, 5.74) is 2.55. The second kappa shape index (κ2) is 8.09. The molecule has 1 saturated heterocycles. The number of rotatable bonds is 3. The molecule has 0 aliphatic carbocycles. The van der Waals surface area contributed by atoms with Gasteiger partial charge in [0, 0.05) is 25.2 Å². The fraction of sp³-hybridized carbons (Fsp3) is 0.364. The molecule has 1 fully saturated rings. The van der Waals surface area contributed by atoms with Crippen molar-refractivity contribution in [2.75, 3.05) is 6.54 Å². The van der Waals surface area contributed by atoms with E-state index in [-0.39, 0.29) is 16.8 Å². The number of fused-ring (bicyclic) bond motifs is 1. The van der Waals surface area contributed by atoms with Crippen LogP contribution in [0.2, 0.25) is 0 Å². The quantitative estimate of drug-likeness (QED) is 0.617. The Morgan fingerprint density at radius 1 is 1.13 bits per heavy atom. The van der Waals surface area contributed by atoms with Gasteiger partial charge in [-0.1, -0.05) is 23.8 Å². The van der Waals surface area contributed by atoms with Gasteiger partial charge in [0.15, 0.2) is 4.80 Å². The molecule has 1 aliphatic rings. The monoisotopic (exact) mass is 443 g/mol. The Balaban J connectivity index is 1.62. The van der Waals surface area contributed by atoms with Crippen LogP contribution in [0.5, 0.6) is 0 Å². The fourth-order valence-corrected chi connectivity index (χ4v) is 6.65. The van der Waals surface area contributed by atoms with Crippen molar-refractivity contribution < 1.29 is 13.2 Å². The van der Waals surface area contributed by atoms with Crippen molar-refractivity contribution in [3.8, 4) is 0 Å². The summed E-state index contributed by atoms with van der Waals surface area (Å²) in [6.45, 7) is 4.52. The van der Waals surface area contributed by atoms with Crippen LogP contribution in [0, 0.1) is 6.92 Å². The van der Waals surface area contributed by atoms with Gasteiger partial charge < -0.3 is 4.57 Å². The Hall–Kier alpha value is -2.29. The van der Waals surface area contributed by atoms with Crippen molar-refractivity contribution >= 4 is 37.5 Å². The normalized spacial score (nSPS) is 18.8. The molecule has 0 N–H and O–H groups in total. The van der Waals surface area contributed by atoms with Crippen LogP contribution >= 0.6 is 11.3 Å². The van der Waals surface area contributed by atoms with Crippen LogP contribution in [0.3, 0.4) is 0 Å². The van der Waals surface area contributed by atoms with E-state index in [0.717, 1.165) is 35.0 Å². The van der Waals surface area contributed by atoms with E-state index in [1.54, 1.807) is 16.4 Å². The minimum atomic E-state index is -3.55. The van der Waals surface area contributed by atoms with Crippen molar-refractivity contribution in [3.63, 3.8) is 0 Å². The first kappa shape index (κ1) is 21.0. The number of thiazole rings is 1. The van der Waals surface area contributed by atoms with Gasteiger partial charge >= 0.3 is 0 Å². The Morgan fingerprint density at radius 2 is 1.87 bits per heavy atom. The van der Waals surface area contributed by atoms with E-state index in [1.807, 2.05) is 37.6 Å². The molecule has 158 valence electrons. The minimum Gasteiger partial charge on any atom is -0.319 e. The highest BCUT2D eigenvalue weighted by molar-refractivity contribution is 7.89. The Bertz CT molecular complexity index is 1270. The SMILES string of the molecule is Cc1ccc2c(c1)sc(=NC(=O)c1ccc(S(=O)(=O)N3CCCCC3C)cc1)n2C. The van der Waals surface area contributed by atoms with E-state index < -0.39 is 10.0 Å². The molecule has 2 heterocycles. The van der Waals surface area contributed by atoms with Gasteiger partial charge in [-0.25, -0.2) is 8.42 Å². The van der Waals surface area contributed by atoms with Crippen LogP contribution < -0.4 is 4.80 Å². The summed E-state index contributed by atoms with van der Waals surface area (Å²) in [7, 11) is -1.67. The zero-order valence-corrected chi connectivity index (χ0v) is 19.0. The number of amides is 1. The van der Waals surface area contributed by atoms with Crippen molar-refractivity contribution in [1.29, 1.82) is 0 Å². The van der Waals surface area contributed by atoms with E-state index in [0.29, 0.717) is 16.9 Å². The maximum Gasteiger partial charge on any atom is 0.279 e. The molecule has 0 spiro atoms. The summed E-state index contributed by atoms with van der Waals surface area (Å²) in [6.07, 6.45) is 2.81. The van der Waals surface area contributed by atoms with Crippen LogP contribution in [0.25, 0.3) is 10.2 Å². The second-order valence-corrected chi connectivity index (χ2v) is 10.7. The summed E-state index contributed by atoms with van der Waals surface area (Å²) in [4.78, 5) is 17.8. The Morgan fingerprint density at radius 3 is 2.57 bits per heavy atom. The number of hydrogen-bond acceptors (Lipinski definition) is 4. The summed E-state index contributed by atoms with van der Waals surface area (Å²) >= 11 is 1.46. The largest absolute Gasteiger partial charge is 0.319 e. The molecule has 6 nitrogen and oxygen atoms in total. The molecule has 0 bridgehead atoms. The van der Waals surface area contributed by atoms with Crippen LogP contribution in [0.1, 0.15) is 42.1 Å². The number of benzene rings is 2. The van der Waals surface area contributed by atoms with Crippen molar-refractivity contribution in [2.45, 2.75) is 44.0 Å². The highest BCUT2D eigenvalue weighted by Crippen LogP contribution is 2.25. The van der Waals surface area contributed by atoms with Gasteiger partial charge in [0.2, 0.25) is 10.0 Å². The van der Waals surface area contributed by atoms with Gasteiger partial charge in [-0.15, -0.1) is 0 Å². The molecular weight excluding hydrogens is 418 g/mol. The summed E-state index contributed by atoms with van der Waals surface area (Å²) in [6, 6.07) is 12.2. The van der Waals surface area contributed by atoms with Crippen molar-refractivity contribution in [3.05, 3.63) is 58.4 Å². The number of hydrogen-bond donors (Lipinski definition) is 0. The molecular formula is C22H25N3O3S2. The van der Waals surface area contributed by atoms with Gasteiger partial charge in [-0.3, -0.25) is 4.79 Å². The number of sulfonamides is 1. The third-order valence-electron chi connectivity index (χ3n) is 5.61. The molecule has 1 aromatic heterocycles.